The summed E-state index contributed by atoms with van der Waals surface area (Å²) in [4.78, 5) is 10.5. The number of carboxylic acid groups (broad SMARTS) is 1. The summed E-state index contributed by atoms with van der Waals surface area (Å²) < 4.78 is 0. The van der Waals surface area contributed by atoms with Gasteiger partial charge in [-0.1, -0.05) is 30.3 Å². The van der Waals surface area contributed by atoms with E-state index in [9.17, 15) is 4.79 Å². The van der Waals surface area contributed by atoms with E-state index in [2.05, 4.69) is 23.5 Å². The topological polar surface area (TPSA) is 49.3 Å². The molecule has 2 N–H and O–H groups in total. The Balaban J connectivity index is 1.91. The SMILES string of the molecule is O=C(O)CNc1ccc2c(c1)Cc1ccccc1-2. The van der Waals surface area contributed by atoms with Crippen molar-refractivity contribution in [3.05, 3.63) is 53.6 Å². The third-order valence-electron chi connectivity index (χ3n) is 3.24. The third kappa shape index (κ3) is 1.84. The van der Waals surface area contributed by atoms with Crippen LogP contribution >= 0.6 is 0 Å². The standard InChI is InChI=1S/C15H13NO2/c17-15(18)9-16-12-5-6-14-11(8-12)7-10-3-1-2-4-13(10)14/h1-6,8,16H,7,9H2,(H,17,18). The van der Waals surface area contributed by atoms with Gasteiger partial charge in [0.25, 0.3) is 0 Å². The minimum absolute atomic E-state index is 0.0499. The summed E-state index contributed by atoms with van der Waals surface area (Å²) in [7, 11) is 0. The molecule has 3 rings (SSSR count). The minimum atomic E-state index is -0.848. The fourth-order valence-electron chi connectivity index (χ4n) is 2.43. The molecule has 0 spiro atoms. The lowest BCUT2D eigenvalue weighted by molar-refractivity contribution is -0.134. The molecule has 0 amide bonds. The molecular weight excluding hydrogens is 226 g/mol. The molecule has 0 aromatic heterocycles. The largest absolute Gasteiger partial charge is 0.480 e. The van der Waals surface area contributed by atoms with Gasteiger partial charge in [-0.3, -0.25) is 4.79 Å². The van der Waals surface area contributed by atoms with Gasteiger partial charge in [0.1, 0.15) is 6.54 Å². The molecule has 0 bridgehead atoms. The van der Waals surface area contributed by atoms with Crippen molar-refractivity contribution in [1.82, 2.24) is 0 Å². The molecule has 0 saturated carbocycles. The second-order valence-electron chi connectivity index (χ2n) is 4.45. The van der Waals surface area contributed by atoms with Crippen LogP contribution in [0.15, 0.2) is 42.5 Å². The van der Waals surface area contributed by atoms with Crippen LogP contribution < -0.4 is 5.32 Å². The molecule has 0 fully saturated rings. The number of hydrogen-bond donors (Lipinski definition) is 2. The number of rotatable bonds is 3. The zero-order chi connectivity index (χ0) is 12.5. The summed E-state index contributed by atoms with van der Waals surface area (Å²) in [6.45, 7) is -0.0499. The number of carboxylic acids is 1. The van der Waals surface area contributed by atoms with Crippen LogP contribution in [0.4, 0.5) is 5.69 Å². The Labute approximate surface area is 105 Å². The zero-order valence-electron chi connectivity index (χ0n) is 9.81. The van der Waals surface area contributed by atoms with Gasteiger partial charge in [0, 0.05) is 5.69 Å². The van der Waals surface area contributed by atoms with Crippen LogP contribution in [-0.2, 0) is 11.2 Å². The van der Waals surface area contributed by atoms with Gasteiger partial charge >= 0.3 is 5.97 Å². The van der Waals surface area contributed by atoms with E-state index in [1.165, 1.54) is 22.3 Å². The van der Waals surface area contributed by atoms with Gasteiger partial charge in [0.2, 0.25) is 0 Å². The van der Waals surface area contributed by atoms with Crippen LogP contribution in [0, 0.1) is 0 Å². The molecule has 1 aliphatic carbocycles. The first-order valence-corrected chi connectivity index (χ1v) is 5.91. The van der Waals surface area contributed by atoms with Crippen molar-refractivity contribution in [3.63, 3.8) is 0 Å². The first-order chi connectivity index (χ1) is 8.74. The molecule has 90 valence electrons. The van der Waals surface area contributed by atoms with Crippen LogP contribution in [-0.4, -0.2) is 17.6 Å². The van der Waals surface area contributed by atoms with Crippen molar-refractivity contribution in [1.29, 1.82) is 0 Å². The lowest BCUT2D eigenvalue weighted by Gasteiger charge is -2.06. The number of hydrogen-bond acceptors (Lipinski definition) is 2. The van der Waals surface area contributed by atoms with Gasteiger partial charge in [0.05, 0.1) is 0 Å². The fraction of sp³-hybridized carbons (Fsp3) is 0.133. The number of nitrogens with one attached hydrogen (secondary N) is 1. The maximum Gasteiger partial charge on any atom is 0.322 e. The highest BCUT2D eigenvalue weighted by Crippen LogP contribution is 2.37. The van der Waals surface area contributed by atoms with E-state index in [0.29, 0.717) is 0 Å². The summed E-state index contributed by atoms with van der Waals surface area (Å²) in [5, 5.41) is 11.5. The number of carbonyl (C=O) groups is 1. The first kappa shape index (κ1) is 10.8. The van der Waals surface area contributed by atoms with E-state index in [0.717, 1.165) is 12.1 Å². The normalized spacial score (nSPS) is 11.8. The summed E-state index contributed by atoms with van der Waals surface area (Å²) in [6, 6.07) is 14.4. The number of fused-ring (bicyclic) bond motifs is 3. The third-order valence-corrected chi connectivity index (χ3v) is 3.24. The summed E-state index contributed by atoms with van der Waals surface area (Å²) in [6.07, 6.45) is 0.925. The molecule has 0 unspecified atom stereocenters. The maximum absolute atomic E-state index is 10.5. The second-order valence-corrected chi connectivity index (χ2v) is 4.45. The molecule has 2 aromatic carbocycles. The van der Waals surface area contributed by atoms with Gasteiger partial charge in [-0.15, -0.1) is 0 Å². The smallest absolute Gasteiger partial charge is 0.322 e. The van der Waals surface area contributed by atoms with Crippen molar-refractivity contribution >= 4 is 11.7 Å². The molecule has 3 heteroatoms. The van der Waals surface area contributed by atoms with E-state index in [1.807, 2.05) is 24.3 Å². The molecule has 0 saturated heterocycles. The van der Waals surface area contributed by atoms with Gasteiger partial charge in [-0.25, -0.2) is 0 Å². The van der Waals surface area contributed by atoms with E-state index < -0.39 is 5.97 Å². The predicted octanol–water partition coefficient (Wildman–Crippen LogP) is 2.75. The van der Waals surface area contributed by atoms with E-state index in [4.69, 9.17) is 5.11 Å². The van der Waals surface area contributed by atoms with Crippen LogP contribution in [0.2, 0.25) is 0 Å². The van der Waals surface area contributed by atoms with Crippen molar-refractivity contribution in [2.24, 2.45) is 0 Å². The van der Waals surface area contributed by atoms with Gasteiger partial charge in [-0.05, 0) is 40.8 Å². The van der Waals surface area contributed by atoms with E-state index in [1.54, 1.807) is 0 Å². The molecule has 0 radical (unpaired) electrons. The second kappa shape index (κ2) is 4.18. The Hall–Kier alpha value is -2.29. The Morgan fingerprint density at radius 3 is 2.72 bits per heavy atom. The Morgan fingerprint density at radius 1 is 1.11 bits per heavy atom. The molecule has 1 aliphatic rings. The monoisotopic (exact) mass is 239 g/mol. The lowest BCUT2D eigenvalue weighted by atomic mass is 10.1. The number of benzene rings is 2. The van der Waals surface area contributed by atoms with Crippen molar-refractivity contribution in [2.75, 3.05) is 11.9 Å². The highest BCUT2D eigenvalue weighted by Gasteiger charge is 2.17. The summed E-state index contributed by atoms with van der Waals surface area (Å²) in [5.41, 5.74) is 6.00. The summed E-state index contributed by atoms with van der Waals surface area (Å²) in [5.74, 6) is -0.848. The Morgan fingerprint density at radius 2 is 1.89 bits per heavy atom. The molecule has 0 heterocycles. The minimum Gasteiger partial charge on any atom is -0.480 e. The molecule has 2 aromatic rings. The lowest BCUT2D eigenvalue weighted by Crippen LogP contribution is -2.12. The van der Waals surface area contributed by atoms with Crippen LogP contribution in [0.1, 0.15) is 11.1 Å². The highest BCUT2D eigenvalue weighted by molar-refractivity contribution is 5.79. The quantitative estimate of drug-likeness (QED) is 0.738. The molecular formula is C15H13NO2. The van der Waals surface area contributed by atoms with Crippen molar-refractivity contribution in [2.45, 2.75) is 6.42 Å². The fourth-order valence-corrected chi connectivity index (χ4v) is 2.43. The highest BCUT2D eigenvalue weighted by atomic mass is 16.4. The summed E-state index contributed by atoms with van der Waals surface area (Å²) >= 11 is 0. The van der Waals surface area contributed by atoms with Gasteiger partial charge in [0.15, 0.2) is 0 Å². The van der Waals surface area contributed by atoms with Gasteiger partial charge < -0.3 is 10.4 Å². The predicted molar refractivity (Wildman–Crippen MR) is 70.8 cm³/mol. The van der Waals surface area contributed by atoms with Crippen molar-refractivity contribution in [3.8, 4) is 11.1 Å². The Kier molecular flexibility index (Phi) is 2.52. The molecule has 0 aliphatic heterocycles. The van der Waals surface area contributed by atoms with E-state index >= 15 is 0 Å². The van der Waals surface area contributed by atoms with Crippen LogP contribution in [0.25, 0.3) is 11.1 Å². The van der Waals surface area contributed by atoms with Crippen molar-refractivity contribution < 1.29 is 9.90 Å². The first-order valence-electron chi connectivity index (χ1n) is 5.91. The van der Waals surface area contributed by atoms with Crippen LogP contribution in [0.5, 0.6) is 0 Å². The maximum atomic E-state index is 10.5. The molecule has 0 atom stereocenters. The van der Waals surface area contributed by atoms with Crippen LogP contribution in [0.3, 0.4) is 0 Å². The average Bonchev–Trinajstić information content (AvgIpc) is 2.73. The number of anilines is 1. The van der Waals surface area contributed by atoms with E-state index in [-0.39, 0.29) is 6.54 Å². The number of aliphatic carboxylic acids is 1. The zero-order valence-corrected chi connectivity index (χ0v) is 9.81. The van der Waals surface area contributed by atoms with Gasteiger partial charge in [-0.2, -0.15) is 0 Å². The molecule has 18 heavy (non-hydrogen) atoms. The average molecular weight is 239 g/mol. The Bertz CT molecular complexity index is 620. The molecule has 3 nitrogen and oxygen atoms in total.